The highest BCUT2D eigenvalue weighted by Gasteiger charge is 2.29. The van der Waals surface area contributed by atoms with E-state index in [1.165, 1.54) is 38.8 Å². The third kappa shape index (κ3) is 11.9. The number of carbonyl (C=O) groups excluding carboxylic acids is 2. The van der Waals surface area contributed by atoms with Crippen molar-refractivity contribution in [3.8, 4) is 0 Å². The predicted octanol–water partition coefficient (Wildman–Crippen LogP) is 6.16. The van der Waals surface area contributed by atoms with Gasteiger partial charge < -0.3 is 24.3 Å². The maximum absolute atomic E-state index is 12.5. The molecule has 0 atom stereocenters. The van der Waals surface area contributed by atoms with Crippen LogP contribution in [0.1, 0.15) is 113 Å². The summed E-state index contributed by atoms with van der Waals surface area (Å²) in [6.07, 6.45) is 10.3. The molecule has 4 saturated heterocycles. The highest BCUT2D eigenvalue weighted by atomic mass is 16.5. The second-order valence-electron chi connectivity index (χ2n) is 15.3. The lowest BCUT2D eigenvalue weighted by Crippen LogP contribution is -2.44. The Labute approximate surface area is 265 Å². The first kappa shape index (κ1) is 36.3. The number of amides is 2. The Bertz CT molecular complexity index is 799. The van der Waals surface area contributed by atoms with Gasteiger partial charge in [0.2, 0.25) is 11.8 Å². The van der Waals surface area contributed by atoms with Crippen molar-refractivity contribution in [2.45, 2.75) is 131 Å². The van der Waals surface area contributed by atoms with Crippen LogP contribution in [0.15, 0.2) is 0 Å². The number of hydrogen-bond donors (Lipinski definition) is 0. The minimum Gasteiger partial charge on any atom is -0.368 e. The van der Waals surface area contributed by atoms with Crippen molar-refractivity contribution in [1.29, 1.82) is 0 Å². The van der Waals surface area contributed by atoms with Gasteiger partial charge in [0.15, 0.2) is 0 Å². The molecule has 7 nitrogen and oxygen atoms in total. The summed E-state index contributed by atoms with van der Waals surface area (Å²) in [5, 5.41) is 0. The largest absolute Gasteiger partial charge is 0.368 e. The molecule has 0 saturated carbocycles. The van der Waals surface area contributed by atoms with E-state index < -0.39 is 0 Å². The molecule has 43 heavy (non-hydrogen) atoms. The van der Waals surface area contributed by atoms with Gasteiger partial charge in [-0.2, -0.15) is 0 Å². The van der Waals surface area contributed by atoms with Gasteiger partial charge in [-0.3, -0.25) is 9.59 Å². The van der Waals surface area contributed by atoms with E-state index in [0.29, 0.717) is 23.9 Å². The van der Waals surface area contributed by atoms with Crippen molar-refractivity contribution in [2.75, 3.05) is 59.0 Å². The molecule has 0 spiro atoms. The molecule has 0 aromatic heterocycles. The molecule has 0 unspecified atom stereocenters. The number of piperidine rings is 4. The van der Waals surface area contributed by atoms with Crippen LogP contribution in [0, 0.1) is 29.6 Å². The Morgan fingerprint density at radius 1 is 0.558 bits per heavy atom. The van der Waals surface area contributed by atoms with E-state index in [9.17, 15) is 9.59 Å². The maximum Gasteiger partial charge on any atom is 0.248 e. The number of likely N-dealkylation sites (tertiary alicyclic amines) is 4. The molecule has 4 aliphatic rings. The number of nitrogens with zero attached hydrogens (tertiary/aromatic N) is 4. The summed E-state index contributed by atoms with van der Waals surface area (Å²) in [4.78, 5) is 33.9. The standard InChI is InChI=1S/C18H34N2O2.C18H34N2O/c1-14(2)16-5-9-20(10-6-16)18(21)13-22-17-7-11-19(12-8-17)15(3)4;1-14(2)17-7-11-20(12-8-17)18(21)13-16-5-9-19(10-6-16)15(3)4/h14-17H,5-13H2,1-4H3;14-17H,5-13H2,1-4H3. The molecule has 4 fully saturated rings. The first-order valence-electron chi connectivity index (χ1n) is 18.1. The molecule has 0 aromatic rings. The minimum atomic E-state index is 0.188. The fraction of sp³-hybridized carbons (Fsp3) is 0.944. The molecule has 0 aromatic carbocycles. The van der Waals surface area contributed by atoms with Crippen molar-refractivity contribution in [3.05, 3.63) is 0 Å². The number of ether oxygens (including phenoxy) is 1. The molecule has 4 heterocycles. The van der Waals surface area contributed by atoms with Gasteiger partial charge in [0.25, 0.3) is 0 Å². The Hall–Kier alpha value is -1.18. The molecule has 250 valence electrons. The van der Waals surface area contributed by atoms with E-state index in [1.54, 1.807) is 0 Å². The van der Waals surface area contributed by atoms with Crippen LogP contribution in [-0.2, 0) is 14.3 Å². The number of hydrogen-bond acceptors (Lipinski definition) is 5. The topological polar surface area (TPSA) is 56.3 Å². The van der Waals surface area contributed by atoms with E-state index in [1.807, 2.05) is 4.90 Å². The van der Waals surface area contributed by atoms with Gasteiger partial charge in [-0.25, -0.2) is 0 Å². The summed E-state index contributed by atoms with van der Waals surface area (Å²) >= 11 is 0. The quantitative estimate of drug-likeness (QED) is 0.316. The minimum absolute atomic E-state index is 0.188. The zero-order valence-corrected chi connectivity index (χ0v) is 29.4. The monoisotopic (exact) mass is 605 g/mol. The van der Waals surface area contributed by atoms with Gasteiger partial charge in [-0.1, -0.05) is 27.7 Å². The first-order valence-corrected chi connectivity index (χ1v) is 18.1. The Balaban J connectivity index is 0.000000236. The van der Waals surface area contributed by atoms with Gasteiger partial charge in [-0.05, 0) is 122 Å². The Kier molecular flexibility index (Phi) is 15.3. The van der Waals surface area contributed by atoms with Crippen LogP contribution in [0.2, 0.25) is 0 Å². The zero-order valence-electron chi connectivity index (χ0n) is 29.4. The molecule has 0 N–H and O–H groups in total. The van der Waals surface area contributed by atoms with Crippen molar-refractivity contribution in [3.63, 3.8) is 0 Å². The fourth-order valence-corrected chi connectivity index (χ4v) is 7.52. The van der Waals surface area contributed by atoms with E-state index in [0.717, 1.165) is 95.0 Å². The van der Waals surface area contributed by atoms with Crippen LogP contribution in [0.5, 0.6) is 0 Å². The summed E-state index contributed by atoms with van der Waals surface area (Å²) in [6.45, 7) is 26.8. The third-order valence-corrected chi connectivity index (χ3v) is 11.2. The smallest absolute Gasteiger partial charge is 0.248 e. The average Bonchev–Trinajstić information content (AvgIpc) is 3.00. The van der Waals surface area contributed by atoms with E-state index in [-0.39, 0.29) is 18.6 Å². The van der Waals surface area contributed by atoms with E-state index >= 15 is 0 Å². The van der Waals surface area contributed by atoms with Gasteiger partial charge in [0.1, 0.15) is 6.61 Å². The maximum atomic E-state index is 12.5. The Morgan fingerprint density at radius 3 is 1.35 bits per heavy atom. The normalized spacial score (nSPS) is 23.0. The Morgan fingerprint density at radius 2 is 0.953 bits per heavy atom. The molecule has 4 rings (SSSR count). The molecular formula is C36H68N4O3. The van der Waals surface area contributed by atoms with Crippen LogP contribution in [0.4, 0.5) is 0 Å². The predicted molar refractivity (Wildman–Crippen MR) is 178 cm³/mol. The van der Waals surface area contributed by atoms with Crippen LogP contribution >= 0.6 is 0 Å². The second kappa shape index (κ2) is 18.1. The number of rotatable bonds is 9. The zero-order chi connectivity index (χ0) is 31.5. The molecule has 4 aliphatic heterocycles. The number of carbonyl (C=O) groups is 2. The molecular weight excluding hydrogens is 536 g/mol. The van der Waals surface area contributed by atoms with Crippen molar-refractivity contribution < 1.29 is 14.3 Å². The highest BCUT2D eigenvalue weighted by molar-refractivity contribution is 5.77. The molecule has 2 amide bonds. The lowest BCUT2D eigenvalue weighted by molar-refractivity contribution is -0.141. The summed E-state index contributed by atoms with van der Waals surface area (Å²) in [5.41, 5.74) is 0. The van der Waals surface area contributed by atoms with Gasteiger partial charge >= 0.3 is 0 Å². The SMILES string of the molecule is CC(C)C1CCN(C(=O)CC2CCN(C(C)C)CC2)CC1.CC(C)C1CCN(C(=O)COC2CCN(C(C)C)CC2)CC1. The summed E-state index contributed by atoms with van der Waals surface area (Å²) < 4.78 is 5.88. The fourth-order valence-electron chi connectivity index (χ4n) is 7.52. The molecule has 7 heteroatoms. The van der Waals surface area contributed by atoms with Crippen LogP contribution in [0.3, 0.4) is 0 Å². The second-order valence-corrected chi connectivity index (χ2v) is 15.3. The highest BCUT2D eigenvalue weighted by Crippen LogP contribution is 2.28. The summed E-state index contributed by atoms with van der Waals surface area (Å²) in [7, 11) is 0. The summed E-state index contributed by atoms with van der Waals surface area (Å²) in [6, 6.07) is 1.27. The van der Waals surface area contributed by atoms with E-state index in [4.69, 9.17) is 4.74 Å². The molecule has 0 aliphatic carbocycles. The first-order chi connectivity index (χ1) is 20.4. The van der Waals surface area contributed by atoms with Gasteiger partial charge in [-0.15, -0.1) is 0 Å². The van der Waals surface area contributed by atoms with Gasteiger partial charge in [0, 0.05) is 57.8 Å². The molecule has 0 bridgehead atoms. The van der Waals surface area contributed by atoms with Gasteiger partial charge in [0.05, 0.1) is 6.10 Å². The third-order valence-electron chi connectivity index (χ3n) is 11.2. The lowest BCUT2D eigenvalue weighted by Gasteiger charge is -2.37. The van der Waals surface area contributed by atoms with Crippen molar-refractivity contribution >= 4 is 11.8 Å². The lowest BCUT2D eigenvalue weighted by atomic mass is 9.86. The van der Waals surface area contributed by atoms with Crippen LogP contribution in [-0.4, -0.2) is 109 Å². The van der Waals surface area contributed by atoms with E-state index in [2.05, 4.69) is 70.1 Å². The summed E-state index contributed by atoms with van der Waals surface area (Å²) in [5.74, 6) is 4.33. The van der Waals surface area contributed by atoms with Crippen LogP contribution in [0.25, 0.3) is 0 Å². The van der Waals surface area contributed by atoms with Crippen molar-refractivity contribution in [1.82, 2.24) is 19.6 Å². The average molecular weight is 605 g/mol. The molecule has 0 radical (unpaired) electrons. The van der Waals surface area contributed by atoms with Crippen molar-refractivity contribution in [2.24, 2.45) is 29.6 Å². The van der Waals surface area contributed by atoms with Crippen LogP contribution < -0.4 is 0 Å².